The highest BCUT2D eigenvalue weighted by Crippen LogP contribution is 2.26. The molecule has 0 aliphatic carbocycles. The van der Waals surface area contributed by atoms with Gasteiger partial charge in [0, 0.05) is 19.0 Å². The Morgan fingerprint density at radius 3 is 3.05 bits per heavy atom. The second-order valence-corrected chi connectivity index (χ2v) is 5.79. The largest absolute Gasteiger partial charge is 0.352 e. The lowest BCUT2D eigenvalue weighted by molar-refractivity contribution is -0.119. The molecule has 2 atom stereocenters. The van der Waals surface area contributed by atoms with Crippen LogP contribution >= 0.6 is 11.6 Å². The van der Waals surface area contributed by atoms with E-state index in [1.807, 2.05) is 11.5 Å². The molecule has 2 aromatic rings. The van der Waals surface area contributed by atoms with Gasteiger partial charge in [-0.3, -0.25) is 4.79 Å². The molecule has 1 N–H and O–H groups in total. The Bertz CT molecular complexity index is 668. The molecule has 20 heavy (non-hydrogen) atoms. The maximum Gasteiger partial charge on any atom is 0.220 e. The number of alkyl halides is 1. The van der Waals surface area contributed by atoms with Crippen molar-refractivity contribution in [2.45, 2.75) is 37.7 Å². The van der Waals surface area contributed by atoms with Crippen molar-refractivity contribution in [1.82, 2.24) is 14.9 Å². The van der Waals surface area contributed by atoms with Crippen LogP contribution in [-0.4, -0.2) is 21.5 Å². The van der Waals surface area contributed by atoms with Crippen LogP contribution in [0.15, 0.2) is 18.2 Å². The number of carbonyl (C=O) groups is 1. The predicted octanol–water partition coefficient (Wildman–Crippen LogP) is 2.75. The minimum Gasteiger partial charge on any atom is -0.352 e. The highest BCUT2D eigenvalue weighted by atomic mass is 35.5. The van der Waals surface area contributed by atoms with Gasteiger partial charge in [0.1, 0.15) is 11.6 Å². The molecule has 0 saturated carbocycles. The fourth-order valence-corrected chi connectivity index (χ4v) is 2.81. The molecule has 0 bridgehead atoms. The summed E-state index contributed by atoms with van der Waals surface area (Å²) >= 11 is 6.17. The van der Waals surface area contributed by atoms with Crippen molar-refractivity contribution in [2.75, 3.05) is 0 Å². The van der Waals surface area contributed by atoms with Gasteiger partial charge >= 0.3 is 0 Å². The molecule has 1 aromatic heterocycles. The number of hydrogen-bond donors (Lipinski definition) is 1. The summed E-state index contributed by atoms with van der Waals surface area (Å²) in [6.45, 7) is 2.40. The SMILES string of the molecule is CC(Cl)c1nc2ccc(F)cc2n1CC1CCC(=O)N1. The van der Waals surface area contributed by atoms with Gasteiger partial charge in [0.05, 0.1) is 16.4 Å². The number of nitrogens with one attached hydrogen (secondary N) is 1. The van der Waals surface area contributed by atoms with Crippen LogP contribution in [-0.2, 0) is 11.3 Å². The normalized spacial score (nSPS) is 20.4. The molecule has 1 aliphatic rings. The first-order valence-corrected chi connectivity index (χ1v) is 7.07. The number of fused-ring (bicyclic) bond motifs is 1. The third-order valence-corrected chi connectivity index (χ3v) is 3.78. The second-order valence-electron chi connectivity index (χ2n) is 5.13. The van der Waals surface area contributed by atoms with Crippen LogP contribution in [0.3, 0.4) is 0 Å². The lowest BCUT2D eigenvalue weighted by atomic mass is 10.2. The monoisotopic (exact) mass is 295 g/mol. The standard InChI is InChI=1S/C14H15ClFN3O/c1-8(15)14-18-11-4-2-9(16)6-12(11)19(14)7-10-3-5-13(20)17-10/h2,4,6,8,10H,3,5,7H2,1H3,(H,17,20). The van der Waals surface area contributed by atoms with E-state index in [1.165, 1.54) is 12.1 Å². The van der Waals surface area contributed by atoms with Crippen LogP contribution in [0, 0.1) is 5.82 Å². The molecule has 2 heterocycles. The van der Waals surface area contributed by atoms with E-state index < -0.39 is 0 Å². The smallest absolute Gasteiger partial charge is 0.220 e. The Morgan fingerprint density at radius 2 is 2.40 bits per heavy atom. The molecule has 1 saturated heterocycles. The number of aromatic nitrogens is 2. The average Bonchev–Trinajstić information content (AvgIpc) is 2.95. The molecule has 0 radical (unpaired) electrons. The molecule has 2 unspecified atom stereocenters. The highest BCUT2D eigenvalue weighted by molar-refractivity contribution is 6.20. The van der Waals surface area contributed by atoms with Gasteiger partial charge in [-0.1, -0.05) is 0 Å². The number of hydrogen-bond acceptors (Lipinski definition) is 2. The Balaban J connectivity index is 2.03. The molecule has 6 heteroatoms. The zero-order valence-electron chi connectivity index (χ0n) is 11.1. The van der Waals surface area contributed by atoms with Gasteiger partial charge in [0.15, 0.2) is 0 Å². The second kappa shape index (κ2) is 5.05. The Labute approximate surface area is 120 Å². The molecule has 1 amide bonds. The van der Waals surface area contributed by atoms with Crippen LogP contribution in [0.5, 0.6) is 0 Å². The minimum absolute atomic E-state index is 0.0531. The first-order valence-electron chi connectivity index (χ1n) is 6.63. The first-order chi connectivity index (χ1) is 9.54. The predicted molar refractivity (Wildman–Crippen MR) is 75.1 cm³/mol. The van der Waals surface area contributed by atoms with E-state index in [0.717, 1.165) is 11.9 Å². The van der Waals surface area contributed by atoms with Gasteiger partial charge in [0.2, 0.25) is 5.91 Å². The van der Waals surface area contributed by atoms with E-state index in [4.69, 9.17) is 11.6 Å². The third kappa shape index (κ3) is 2.38. The van der Waals surface area contributed by atoms with Gasteiger partial charge in [-0.25, -0.2) is 9.37 Å². The van der Waals surface area contributed by atoms with E-state index in [9.17, 15) is 9.18 Å². The molecule has 1 aliphatic heterocycles. The maximum absolute atomic E-state index is 13.5. The van der Waals surface area contributed by atoms with E-state index in [1.54, 1.807) is 6.07 Å². The van der Waals surface area contributed by atoms with Crippen molar-refractivity contribution >= 4 is 28.5 Å². The Hall–Kier alpha value is -1.62. The number of benzene rings is 1. The molecule has 4 nitrogen and oxygen atoms in total. The Kier molecular flexibility index (Phi) is 3.38. The number of imidazole rings is 1. The molecular formula is C14H15ClFN3O. The van der Waals surface area contributed by atoms with Crippen molar-refractivity contribution in [3.8, 4) is 0 Å². The number of rotatable bonds is 3. The van der Waals surface area contributed by atoms with Crippen molar-refractivity contribution < 1.29 is 9.18 Å². The number of carbonyl (C=O) groups excluding carboxylic acids is 1. The zero-order chi connectivity index (χ0) is 14.3. The third-order valence-electron chi connectivity index (χ3n) is 3.58. The lowest BCUT2D eigenvalue weighted by Crippen LogP contribution is -2.30. The minimum atomic E-state index is -0.303. The topological polar surface area (TPSA) is 46.9 Å². The summed E-state index contributed by atoms with van der Waals surface area (Å²) < 4.78 is 15.4. The Morgan fingerprint density at radius 1 is 1.60 bits per heavy atom. The fourth-order valence-electron chi connectivity index (χ4n) is 2.64. The summed E-state index contributed by atoms with van der Waals surface area (Å²) in [4.78, 5) is 15.8. The molecule has 0 spiro atoms. The van der Waals surface area contributed by atoms with Gasteiger partial charge in [-0.2, -0.15) is 0 Å². The summed E-state index contributed by atoms with van der Waals surface area (Å²) in [5, 5.41) is 2.64. The summed E-state index contributed by atoms with van der Waals surface area (Å²) in [6, 6.07) is 4.55. The zero-order valence-corrected chi connectivity index (χ0v) is 11.8. The van der Waals surface area contributed by atoms with Crippen molar-refractivity contribution in [2.24, 2.45) is 0 Å². The van der Waals surface area contributed by atoms with Crippen LogP contribution in [0.4, 0.5) is 4.39 Å². The molecule has 1 aromatic carbocycles. The van der Waals surface area contributed by atoms with Gasteiger partial charge in [0.25, 0.3) is 0 Å². The summed E-state index contributed by atoms with van der Waals surface area (Å²) in [5.41, 5.74) is 1.44. The van der Waals surface area contributed by atoms with E-state index in [2.05, 4.69) is 10.3 Å². The van der Waals surface area contributed by atoms with Crippen LogP contribution in [0.25, 0.3) is 11.0 Å². The molecule has 106 valence electrons. The van der Waals surface area contributed by atoms with Gasteiger partial charge < -0.3 is 9.88 Å². The van der Waals surface area contributed by atoms with Crippen molar-refractivity contribution in [3.63, 3.8) is 0 Å². The van der Waals surface area contributed by atoms with Crippen LogP contribution in [0.2, 0.25) is 0 Å². The van der Waals surface area contributed by atoms with E-state index in [-0.39, 0.29) is 23.1 Å². The molecule has 3 rings (SSSR count). The van der Waals surface area contributed by atoms with E-state index in [0.29, 0.717) is 24.3 Å². The fraction of sp³-hybridized carbons (Fsp3) is 0.429. The first kappa shape index (κ1) is 13.4. The van der Waals surface area contributed by atoms with Gasteiger partial charge in [-0.05, 0) is 31.5 Å². The van der Waals surface area contributed by atoms with Crippen molar-refractivity contribution in [3.05, 3.63) is 29.8 Å². The van der Waals surface area contributed by atoms with Gasteiger partial charge in [-0.15, -0.1) is 11.6 Å². The highest BCUT2D eigenvalue weighted by Gasteiger charge is 2.24. The molecule has 1 fully saturated rings. The van der Waals surface area contributed by atoms with E-state index >= 15 is 0 Å². The van der Waals surface area contributed by atoms with Crippen molar-refractivity contribution in [1.29, 1.82) is 0 Å². The summed E-state index contributed by atoms with van der Waals surface area (Å²) in [5.74, 6) is 0.461. The quantitative estimate of drug-likeness (QED) is 0.885. The number of nitrogens with zero attached hydrogens (tertiary/aromatic N) is 2. The molecular weight excluding hydrogens is 281 g/mol. The number of halogens is 2. The lowest BCUT2D eigenvalue weighted by Gasteiger charge is -2.15. The average molecular weight is 296 g/mol. The summed E-state index contributed by atoms with van der Waals surface area (Å²) in [6.07, 6.45) is 1.32. The summed E-state index contributed by atoms with van der Waals surface area (Å²) in [7, 11) is 0. The van der Waals surface area contributed by atoms with Crippen LogP contribution < -0.4 is 5.32 Å². The van der Waals surface area contributed by atoms with Crippen LogP contribution in [0.1, 0.15) is 31.0 Å². The number of amides is 1. The maximum atomic E-state index is 13.5.